The Bertz CT molecular complexity index is 821. The van der Waals surface area contributed by atoms with E-state index >= 15 is 0 Å². The zero-order chi connectivity index (χ0) is 16.5. The first-order valence-corrected chi connectivity index (χ1v) is 9.54. The standard InChI is InChI=1S/C16H16INO3S/c1-10-8-11(2)15(12(17)9-10)16(19)18-13-6-4-5-7-14(13)22(3,20)21/h4-9H,1-3H3,(H,18,19). The minimum absolute atomic E-state index is 0.114. The van der Waals surface area contributed by atoms with Crippen LogP contribution in [0.2, 0.25) is 0 Å². The van der Waals surface area contributed by atoms with Gasteiger partial charge in [-0.3, -0.25) is 4.79 Å². The molecule has 2 aromatic carbocycles. The number of rotatable bonds is 3. The van der Waals surface area contributed by atoms with Crippen LogP contribution in [0.5, 0.6) is 0 Å². The van der Waals surface area contributed by atoms with Gasteiger partial charge in [0.1, 0.15) is 0 Å². The molecule has 0 fully saturated rings. The molecule has 0 saturated heterocycles. The van der Waals surface area contributed by atoms with E-state index in [-0.39, 0.29) is 10.8 Å². The number of anilines is 1. The van der Waals surface area contributed by atoms with E-state index in [0.29, 0.717) is 11.3 Å². The van der Waals surface area contributed by atoms with Gasteiger partial charge < -0.3 is 5.32 Å². The number of benzene rings is 2. The molecular weight excluding hydrogens is 413 g/mol. The van der Waals surface area contributed by atoms with Crippen molar-refractivity contribution < 1.29 is 13.2 Å². The number of hydrogen-bond acceptors (Lipinski definition) is 3. The Morgan fingerprint density at radius 3 is 2.36 bits per heavy atom. The summed E-state index contributed by atoms with van der Waals surface area (Å²) >= 11 is 2.12. The van der Waals surface area contributed by atoms with Gasteiger partial charge in [0.2, 0.25) is 0 Å². The lowest BCUT2D eigenvalue weighted by Crippen LogP contribution is -2.17. The lowest BCUT2D eigenvalue weighted by molar-refractivity contribution is 0.102. The van der Waals surface area contributed by atoms with E-state index in [2.05, 4.69) is 27.9 Å². The zero-order valence-electron chi connectivity index (χ0n) is 12.5. The number of hydrogen-bond donors (Lipinski definition) is 1. The minimum atomic E-state index is -3.40. The van der Waals surface area contributed by atoms with Crippen molar-refractivity contribution in [1.82, 2.24) is 0 Å². The predicted molar refractivity (Wildman–Crippen MR) is 96.1 cm³/mol. The third-order valence-corrected chi connectivity index (χ3v) is 5.20. The SMILES string of the molecule is Cc1cc(C)c(C(=O)Nc2ccccc2S(C)(=O)=O)c(I)c1. The van der Waals surface area contributed by atoms with Crippen molar-refractivity contribution in [3.63, 3.8) is 0 Å². The second-order valence-electron chi connectivity index (χ2n) is 5.16. The quantitative estimate of drug-likeness (QED) is 0.760. The molecule has 0 aliphatic rings. The van der Waals surface area contributed by atoms with Crippen LogP contribution in [-0.2, 0) is 9.84 Å². The minimum Gasteiger partial charge on any atom is -0.321 e. The maximum atomic E-state index is 12.5. The van der Waals surface area contributed by atoms with Gasteiger partial charge in [0.05, 0.1) is 16.1 Å². The molecule has 0 saturated carbocycles. The van der Waals surface area contributed by atoms with Gasteiger partial charge in [-0.1, -0.05) is 18.2 Å². The molecule has 4 nitrogen and oxygen atoms in total. The molecule has 0 atom stereocenters. The number of carbonyl (C=O) groups is 1. The Morgan fingerprint density at radius 1 is 1.14 bits per heavy atom. The normalized spacial score (nSPS) is 11.3. The van der Waals surface area contributed by atoms with Crippen LogP contribution in [0.25, 0.3) is 0 Å². The van der Waals surface area contributed by atoms with Crippen molar-refractivity contribution in [1.29, 1.82) is 0 Å². The highest BCUT2D eigenvalue weighted by Crippen LogP contribution is 2.24. The Kier molecular flexibility index (Phi) is 4.91. The fraction of sp³-hybridized carbons (Fsp3) is 0.188. The van der Waals surface area contributed by atoms with Crippen LogP contribution >= 0.6 is 22.6 Å². The number of aryl methyl sites for hydroxylation is 2. The molecule has 0 spiro atoms. The molecule has 0 heterocycles. The first kappa shape index (κ1) is 17.0. The molecular formula is C16H16INO3S. The lowest BCUT2D eigenvalue weighted by Gasteiger charge is -2.13. The summed E-state index contributed by atoms with van der Waals surface area (Å²) in [5, 5.41) is 2.71. The Labute approximate surface area is 144 Å². The zero-order valence-corrected chi connectivity index (χ0v) is 15.4. The van der Waals surface area contributed by atoms with Gasteiger partial charge in [-0.2, -0.15) is 0 Å². The highest BCUT2D eigenvalue weighted by molar-refractivity contribution is 14.1. The number of amides is 1. The van der Waals surface area contributed by atoms with Crippen LogP contribution in [0.3, 0.4) is 0 Å². The highest BCUT2D eigenvalue weighted by atomic mass is 127. The molecule has 2 aromatic rings. The molecule has 1 amide bonds. The van der Waals surface area contributed by atoms with E-state index in [0.717, 1.165) is 21.0 Å². The number of para-hydroxylation sites is 1. The van der Waals surface area contributed by atoms with Crippen LogP contribution in [0.4, 0.5) is 5.69 Å². The summed E-state index contributed by atoms with van der Waals surface area (Å²) in [6.45, 7) is 3.84. The van der Waals surface area contributed by atoms with E-state index < -0.39 is 9.84 Å². The maximum absolute atomic E-state index is 12.5. The van der Waals surface area contributed by atoms with Gasteiger partial charge >= 0.3 is 0 Å². The molecule has 2 rings (SSSR count). The summed E-state index contributed by atoms with van der Waals surface area (Å²) in [5.74, 6) is -0.307. The fourth-order valence-electron chi connectivity index (χ4n) is 2.28. The van der Waals surface area contributed by atoms with Crippen LogP contribution < -0.4 is 5.32 Å². The van der Waals surface area contributed by atoms with Crippen molar-refractivity contribution in [2.24, 2.45) is 0 Å². The van der Waals surface area contributed by atoms with Crippen molar-refractivity contribution in [3.05, 3.63) is 56.7 Å². The molecule has 0 radical (unpaired) electrons. The molecule has 1 N–H and O–H groups in total. The number of sulfone groups is 1. The molecule has 0 bridgehead atoms. The van der Waals surface area contributed by atoms with Gasteiger partial charge in [0.15, 0.2) is 9.84 Å². The highest BCUT2D eigenvalue weighted by Gasteiger charge is 2.18. The van der Waals surface area contributed by atoms with E-state index in [4.69, 9.17) is 0 Å². The first-order valence-electron chi connectivity index (χ1n) is 6.57. The van der Waals surface area contributed by atoms with Gasteiger partial charge in [0.25, 0.3) is 5.91 Å². The van der Waals surface area contributed by atoms with E-state index in [9.17, 15) is 13.2 Å². The fourth-order valence-corrected chi connectivity index (χ4v) is 4.29. The largest absolute Gasteiger partial charge is 0.321 e. The number of nitrogens with one attached hydrogen (secondary N) is 1. The van der Waals surface area contributed by atoms with Gasteiger partial charge in [-0.15, -0.1) is 0 Å². The molecule has 0 aliphatic heterocycles. The smallest absolute Gasteiger partial charge is 0.257 e. The Balaban J connectivity index is 2.44. The predicted octanol–water partition coefficient (Wildman–Crippen LogP) is 3.56. The van der Waals surface area contributed by atoms with Crippen LogP contribution in [0.15, 0.2) is 41.3 Å². The van der Waals surface area contributed by atoms with Crippen molar-refractivity contribution in [2.45, 2.75) is 18.7 Å². The van der Waals surface area contributed by atoms with Crippen molar-refractivity contribution in [3.8, 4) is 0 Å². The average molecular weight is 429 g/mol. The van der Waals surface area contributed by atoms with Crippen LogP contribution in [0.1, 0.15) is 21.5 Å². The molecule has 0 aliphatic carbocycles. The van der Waals surface area contributed by atoms with E-state index in [1.807, 2.05) is 26.0 Å². The lowest BCUT2D eigenvalue weighted by atomic mass is 10.1. The summed E-state index contributed by atoms with van der Waals surface area (Å²) in [7, 11) is -3.40. The molecule has 0 aromatic heterocycles. The Morgan fingerprint density at radius 2 is 1.77 bits per heavy atom. The second kappa shape index (κ2) is 6.37. The van der Waals surface area contributed by atoms with Crippen molar-refractivity contribution in [2.75, 3.05) is 11.6 Å². The molecule has 116 valence electrons. The van der Waals surface area contributed by atoms with E-state index in [1.165, 1.54) is 6.07 Å². The number of carbonyl (C=O) groups excluding carboxylic acids is 1. The van der Waals surface area contributed by atoms with E-state index in [1.54, 1.807) is 18.2 Å². The average Bonchev–Trinajstić information content (AvgIpc) is 2.36. The van der Waals surface area contributed by atoms with Gasteiger partial charge in [0, 0.05) is 9.83 Å². The molecule has 0 unspecified atom stereocenters. The van der Waals surface area contributed by atoms with Gasteiger partial charge in [-0.05, 0) is 65.8 Å². The topological polar surface area (TPSA) is 63.2 Å². The molecule has 6 heteroatoms. The summed E-state index contributed by atoms with van der Waals surface area (Å²) in [6, 6.07) is 10.2. The van der Waals surface area contributed by atoms with Crippen molar-refractivity contribution >= 4 is 44.0 Å². The summed E-state index contributed by atoms with van der Waals surface area (Å²) in [4.78, 5) is 12.6. The first-order chi connectivity index (χ1) is 10.2. The third-order valence-electron chi connectivity index (χ3n) is 3.19. The Hall–Kier alpha value is -1.41. The summed E-state index contributed by atoms with van der Waals surface area (Å²) in [6.07, 6.45) is 1.12. The number of halogens is 1. The van der Waals surface area contributed by atoms with Crippen LogP contribution in [-0.4, -0.2) is 20.6 Å². The monoisotopic (exact) mass is 429 g/mol. The second-order valence-corrected chi connectivity index (χ2v) is 8.31. The van der Waals surface area contributed by atoms with Gasteiger partial charge in [-0.25, -0.2) is 8.42 Å². The third kappa shape index (κ3) is 3.67. The maximum Gasteiger partial charge on any atom is 0.257 e. The molecule has 22 heavy (non-hydrogen) atoms. The van der Waals surface area contributed by atoms with Crippen LogP contribution in [0, 0.1) is 17.4 Å². The summed E-state index contributed by atoms with van der Waals surface area (Å²) < 4.78 is 24.4. The summed E-state index contributed by atoms with van der Waals surface area (Å²) in [5.41, 5.74) is 2.80.